The number of fused-ring (bicyclic) bond motifs is 1. The van der Waals surface area contributed by atoms with E-state index in [4.69, 9.17) is 10.5 Å². The second kappa shape index (κ2) is 6.53. The summed E-state index contributed by atoms with van der Waals surface area (Å²) in [6, 6.07) is 11.6. The van der Waals surface area contributed by atoms with Crippen LogP contribution in [0.15, 0.2) is 41.2 Å². The van der Waals surface area contributed by atoms with Crippen LogP contribution in [0.2, 0.25) is 0 Å². The highest BCUT2D eigenvalue weighted by molar-refractivity contribution is 5.87. The van der Waals surface area contributed by atoms with Gasteiger partial charge in [0.05, 0.1) is 18.7 Å². The summed E-state index contributed by atoms with van der Waals surface area (Å²) in [7, 11) is 1.64. The van der Waals surface area contributed by atoms with Crippen molar-refractivity contribution in [1.82, 2.24) is 14.5 Å². The van der Waals surface area contributed by atoms with Crippen molar-refractivity contribution in [3.63, 3.8) is 0 Å². The number of rotatable bonds is 6. The highest BCUT2D eigenvalue weighted by atomic mass is 16.5. The molecule has 0 amide bonds. The van der Waals surface area contributed by atoms with Gasteiger partial charge in [0.2, 0.25) is 0 Å². The molecule has 0 unspecified atom stereocenters. The topological polar surface area (TPSA) is 98.0 Å². The molecule has 0 spiro atoms. The maximum atomic E-state index is 12.3. The predicted molar refractivity (Wildman–Crippen MR) is 90.7 cm³/mol. The number of nitrogens with two attached hydrogens (primary N) is 1. The number of aromatic nitrogens is 3. The van der Waals surface area contributed by atoms with E-state index >= 15 is 0 Å². The summed E-state index contributed by atoms with van der Waals surface area (Å²) in [4.78, 5) is 19.3. The lowest BCUT2D eigenvalue weighted by Crippen LogP contribution is -2.17. The van der Waals surface area contributed by atoms with Gasteiger partial charge >= 0.3 is 5.69 Å². The Morgan fingerprint density at radius 2 is 2.13 bits per heavy atom. The van der Waals surface area contributed by atoms with Gasteiger partial charge in [-0.25, -0.2) is 9.78 Å². The first-order valence-corrected chi connectivity index (χ1v) is 7.35. The number of H-pyrrole nitrogens is 1. The molecule has 3 aromatic rings. The summed E-state index contributed by atoms with van der Waals surface area (Å²) in [5, 5.41) is 3.13. The summed E-state index contributed by atoms with van der Waals surface area (Å²) in [6.45, 7) is 1.64. The van der Waals surface area contributed by atoms with Crippen LogP contribution in [-0.2, 0) is 11.3 Å². The summed E-state index contributed by atoms with van der Waals surface area (Å²) in [5.41, 5.74) is 8.10. The van der Waals surface area contributed by atoms with E-state index in [9.17, 15) is 4.79 Å². The Labute approximate surface area is 133 Å². The summed E-state index contributed by atoms with van der Waals surface area (Å²) >= 11 is 0. The molecule has 0 aliphatic heterocycles. The average Bonchev–Trinajstić information content (AvgIpc) is 2.86. The Bertz CT molecular complexity index is 854. The molecule has 0 radical (unpaired) electrons. The Kier molecular flexibility index (Phi) is 4.29. The van der Waals surface area contributed by atoms with E-state index in [0.29, 0.717) is 36.8 Å². The molecule has 120 valence electrons. The molecule has 7 heteroatoms. The van der Waals surface area contributed by atoms with E-state index in [1.54, 1.807) is 11.7 Å². The van der Waals surface area contributed by atoms with E-state index < -0.39 is 0 Å². The monoisotopic (exact) mass is 313 g/mol. The van der Waals surface area contributed by atoms with Crippen molar-refractivity contribution in [3.8, 4) is 0 Å². The second-order valence-corrected chi connectivity index (χ2v) is 5.21. The summed E-state index contributed by atoms with van der Waals surface area (Å²) in [6.07, 6.45) is 0. The molecule has 3 rings (SSSR count). The highest BCUT2D eigenvalue weighted by Crippen LogP contribution is 2.20. The molecule has 0 atom stereocenters. The van der Waals surface area contributed by atoms with Crippen LogP contribution in [0.5, 0.6) is 0 Å². The first-order chi connectivity index (χ1) is 11.2. The minimum absolute atomic E-state index is 0.202. The third-order valence-corrected chi connectivity index (χ3v) is 3.59. The Morgan fingerprint density at radius 1 is 1.35 bits per heavy atom. The number of nitrogens with zero attached hydrogens (tertiary/aromatic N) is 2. The molecule has 0 fully saturated rings. The molecule has 0 saturated carbocycles. The van der Waals surface area contributed by atoms with Crippen LogP contribution >= 0.6 is 0 Å². The quantitative estimate of drug-likeness (QED) is 0.598. The number of pyridine rings is 1. The fourth-order valence-electron chi connectivity index (χ4n) is 2.47. The number of benzene rings is 1. The maximum absolute atomic E-state index is 12.3. The van der Waals surface area contributed by atoms with E-state index in [1.807, 2.05) is 36.4 Å². The SMILES string of the molecule is COCCNc1cc2c([nH]c(=O)n2Cc2ccccc2)c(N)n1. The lowest BCUT2D eigenvalue weighted by molar-refractivity contribution is 0.210. The fraction of sp³-hybridized carbons (Fsp3) is 0.250. The van der Waals surface area contributed by atoms with Crippen molar-refractivity contribution < 1.29 is 4.74 Å². The average molecular weight is 313 g/mol. The molecule has 2 aromatic heterocycles. The largest absolute Gasteiger partial charge is 0.383 e. The second-order valence-electron chi connectivity index (χ2n) is 5.21. The minimum atomic E-state index is -0.202. The number of imidazole rings is 1. The van der Waals surface area contributed by atoms with Crippen molar-refractivity contribution in [1.29, 1.82) is 0 Å². The van der Waals surface area contributed by atoms with Gasteiger partial charge in [-0.15, -0.1) is 0 Å². The van der Waals surface area contributed by atoms with Crippen LogP contribution < -0.4 is 16.7 Å². The van der Waals surface area contributed by atoms with Gasteiger partial charge in [0.15, 0.2) is 5.82 Å². The van der Waals surface area contributed by atoms with E-state index in [-0.39, 0.29) is 5.69 Å². The zero-order valence-electron chi connectivity index (χ0n) is 12.9. The molecule has 1 aromatic carbocycles. The van der Waals surface area contributed by atoms with Gasteiger partial charge in [0.25, 0.3) is 0 Å². The first kappa shape index (κ1) is 15.1. The number of anilines is 2. The number of nitrogens with one attached hydrogen (secondary N) is 2. The molecule has 0 saturated heterocycles. The van der Waals surface area contributed by atoms with Gasteiger partial charge in [0.1, 0.15) is 11.3 Å². The predicted octanol–water partition coefficient (Wildman–Crippen LogP) is 1.41. The number of ether oxygens (including phenoxy) is 1. The van der Waals surface area contributed by atoms with E-state index in [1.165, 1.54) is 0 Å². The fourth-order valence-corrected chi connectivity index (χ4v) is 2.47. The Morgan fingerprint density at radius 3 is 2.87 bits per heavy atom. The third kappa shape index (κ3) is 3.19. The van der Waals surface area contributed by atoms with E-state index in [2.05, 4.69) is 15.3 Å². The number of methoxy groups -OCH3 is 1. The number of hydrogen-bond donors (Lipinski definition) is 3. The normalized spacial score (nSPS) is 11.0. The van der Waals surface area contributed by atoms with Gasteiger partial charge in [-0.3, -0.25) is 4.57 Å². The van der Waals surface area contributed by atoms with Crippen molar-refractivity contribution >= 4 is 22.7 Å². The summed E-state index contributed by atoms with van der Waals surface area (Å²) in [5.74, 6) is 0.916. The summed E-state index contributed by atoms with van der Waals surface area (Å²) < 4.78 is 6.66. The van der Waals surface area contributed by atoms with Gasteiger partial charge in [-0.05, 0) is 5.56 Å². The molecule has 0 aliphatic carbocycles. The number of aromatic amines is 1. The molecule has 4 N–H and O–H groups in total. The third-order valence-electron chi connectivity index (χ3n) is 3.59. The van der Waals surface area contributed by atoms with Crippen molar-refractivity contribution in [2.24, 2.45) is 0 Å². The van der Waals surface area contributed by atoms with Gasteiger partial charge in [-0.1, -0.05) is 30.3 Å². The van der Waals surface area contributed by atoms with Crippen molar-refractivity contribution in [2.45, 2.75) is 6.54 Å². The Hall–Kier alpha value is -2.80. The van der Waals surface area contributed by atoms with Gasteiger partial charge in [0, 0.05) is 19.7 Å². The molecule has 0 bridgehead atoms. The molecule has 2 heterocycles. The molecule has 0 aliphatic rings. The number of nitrogen functional groups attached to an aromatic ring is 1. The number of hydrogen-bond acceptors (Lipinski definition) is 5. The zero-order chi connectivity index (χ0) is 16.2. The first-order valence-electron chi connectivity index (χ1n) is 7.35. The minimum Gasteiger partial charge on any atom is -0.383 e. The molecular formula is C16H19N5O2. The Balaban J connectivity index is 2.00. The molecular weight excluding hydrogens is 294 g/mol. The van der Waals surface area contributed by atoms with Gasteiger partial charge in [-0.2, -0.15) is 0 Å². The lowest BCUT2D eigenvalue weighted by Gasteiger charge is -2.08. The zero-order valence-corrected chi connectivity index (χ0v) is 12.9. The van der Waals surface area contributed by atoms with Crippen LogP contribution in [0.25, 0.3) is 11.0 Å². The van der Waals surface area contributed by atoms with E-state index in [0.717, 1.165) is 11.1 Å². The van der Waals surface area contributed by atoms with Crippen LogP contribution in [0.4, 0.5) is 11.6 Å². The van der Waals surface area contributed by atoms with Crippen LogP contribution in [0.1, 0.15) is 5.56 Å². The van der Waals surface area contributed by atoms with Crippen molar-refractivity contribution in [2.75, 3.05) is 31.3 Å². The lowest BCUT2D eigenvalue weighted by atomic mass is 10.2. The van der Waals surface area contributed by atoms with Crippen molar-refractivity contribution in [3.05, 3.63) is 52.4 Å². The van der Waals surface area contributed by atoms with Gasteiger partial charge < -0.3 is 20.8 Å². The van der Waals surface area contributed by atoms with Crippen LogP contribution in [0.3, 0.4) is 0 Å². The smallest absolute Gasteiger partial charge is 0.326 e. The maximum Gasteiger partial charge on any atom is 0.326 e. The highest BCUT2D eigenvalue weighted by Gasteiger charge is 2.12. The standard InChI is InChI=1S/C16H19N5O2/c1-23-8-7-18-13-9-12-14(15(17)19-13)20-16(22)21(12)10-11-5-3-2-4-6-11/h2-6,9H,7-8,10H2,1H3,(H,20,22)(H3,17,18,19). The molecule has 7 nitrogen and oxygen atoms in total. The van der Waals surface area contributed by atoms with Crippen LogP contribution in [0, 0.1) is 0 Å². The molecule has 23 heavy (non-hydrogen) atoms. The van der Waals surface area contributed by atoms with Crippen LogP contribution in [-0.4, -0.2) is 34.8 Å².